The predicted octanol–water partition coefficient (Wildman–Crippen LogP) is 1.40. The Morgan fingerprint density at radius 3 is 2.68 bits per heavy atom. The Labute approximate surface area is 254 Å². The van der Waals surface area contributed by atoms with Crippen molar-refractivity contribution in [2.24, 2.45) is 17.8 Å². The van der Waals surface area contributed by atoms with E-state index in [1.54, 1.807) is 6.07 Å². The number of Topliss-reactive ketones (excluding diaryl/α,β-unsaturated/α-hetero) is 1. The van der Waals surface area contributed by atoms with Crippen molar-refractivity contribution in [2.45, 2.75) is 76.9 Å². The molecule has 2 bridgehead atoms. The highest BCUT2D eigenvalue weighted by Gasteiger charge is 2.38. The number of anilines is 1. The third kappa shape index (κ3) is 8.11. The van der Waals surface area contributed by atoms with Gasteiger partial charge in [0.1, 0.15) is 17.9 Å². The molecule has 2 fully saturated rings. The maximum Gasteiger partial charge on any atom is 0.307 e. The number of carbonyl (C=O) groups is 5. The lowest BCUT2D eigenvalue weighted by Gasteiger charge is -2.44. The molecule has 2 aliphatic rings. The Hall–Kier alpha value is -4.49. The first-order chi connectivity index (χ1) is 21.1. The molecular formula is C30H40N6O8. The van der Waals surface area contributed by atoms with Crippen LogP contribution in [0, 0.1) is 17.8 Å². The van der Waals surface area contributed by atoms with Gasteiger partial charge < -0.3 is 35.0 Å². The van der Waals surface area contributed by atoms with Gasteiger partial charge in [-0.25, -0.2) is 4.98 Å². The molecule has 238 valence electrons. The van der Waals surface area contributed by atoms with Crippen LogP contribution in [0.15, 0.2) is 33.7 Å². The topological polar surface area (TPSA) is 191 Å². The van der Waals surface area contributed by atoms with Crippen molar-refractivity contribution in [3.63, 3.8) is 0 Å². The van der Waals surface area contributed by atoms with Gasteiger partial charge in [-0.2, -0.15) is 0 Å². The Morgan fingerprint density at radius 2 is 1.95 bits per heavy atom. The van der Waals surface area contributed by atoms with E-state index in [4.69, 9.17) is 9.15 Å². The quantitative estimate of drug-likeness (QED) is 0.242. The summed E-state index contributed by atoms with van der Waals surface area (Å²) in [4.78, 5) is 79.5. The molecule has 14 nitrogen and oxygen atoms in total. The third-order valence-electron chi connectivity index (χ3n) is 8.48. The molecule has 0 spiro atoms. The number of carbonyl (C=O) groups excluding carboxylic acids is 5. The smallest absolute Gasteiger partial charge is 0.307 e. The second-order valence-corrected chi connectivity index (χ2v) is 11.5. The van der Waals surface area contributed by atoms with E-state index in [-0.39, 0.29) is 55.3 Å². The van der Waals surface area contributed by atoms with Gasteiger partial charge in [-0.05, 0) is 55.6 Å². The molecule has 2 saturated carbocycles. The average molecular weight is 613 g/mol. The summed E-state index contributed by atoms with van der Waals surface area (Å²) in [5.74, 6) is -2.18. The van der Waals surface area contributed by atoms with Gasteiger partial charge in [-0.1, -0.05) is 19.8 Å². The molecule has 4 N–H and O–H groups in total. The number of rotatable bonds is 13. The molecule has 0 aromatic carbocycles. The van der Waals surface area contributed by atoms with Crippen LogP contribution in [0.3, 0.4) is 0 Å². The average Bonchev–Trinajstić information content (AvgIpc) is 3.51. The van der Waals surface area contributed by atoms with Crippen LogP contribution < -0.4 is 31.6 Å². The van der Waals surface area contributed by atoms with Gasteiger partial charge in [0.15, 0.2) is 0 Å². The number of hydrogen-bond acceptors (Lipinski definition) is 9. The molecule has 5 atom stereocenters. The van der Waals surface area contributed by atoms with E-state index in [1.165, 1.54) is 50.0 Å². The Morgan fingerprint density at radius 1 is 1.16 bits per heavy atom. The van der Waals surface area contributed by atoms with Crippen molar-refractivity contribution in [1.29, 1.82) is 0 Å². The lowest BCUT2D eigenvalue weighted by Crippen LogP contribution is -2.49. The molecule has 0 radical (unpaired) electrons. The van der Waals surface area contributed by atoms with Gasteiger partial charge in [0.25, 0.3) is 17.4 Å². The monoisotopic (exact) mass is 612 g/mol. The van der Waals surface area contributed by atoms with Gasteiger partial charge in [0.2, 0.25) is 17.6 Å². The summed E-state index contributed by atoms with van der Waals surface area (Å²) in [6, 6.07) is 1.77. The Bertz CT molecular complexity index is 1430. The minimum absolute atomic E-state index is 0.0275. The summed E-state index contributed by atoms with van der Waals surface area (Å²) < 4.78 is 11.3. The van der Waals surface area contributed by atoms with E-state index >= 15 is 0 Å². The standard InChI is InChI=1S/C30H40N6O8/c1-17-14-18-6-4-7-19(15-18)25(17)35-23(38)11-13-36-12-5-8-21(30(36)42)34-26(39)20(9-10-22(37)27(40)31-2)33-28(41)29-32-16-24(43-3)44-29/h5,8,12,16-20,25H,4,6-7,9-11,13-15H2,1-3H3,(H,31,40)(H,33,41)(H,34,39)(H,35,38). The van der Waals surface area contributed by atoms with Crippen LogP contribution in [0.5, 0.6) is 5.95 Å². The number of fused-ring (bicyclic) bond motifs is 2. The van der Waals surface area contributed by atoms with E-state index < -0.39 is 35.1 Å². The molecule has 14 heteroatoms. The molecule has 2 aromatic heterocycles. The molecule has 0 saturated heterocycles. The van der Waals surface area contributed by atoms with E-state index in [0.717, 1.165) is 25.2 Å². The zero-order chi connectivity index (χ0) is 31.8. The highest BCUT2D eigenvalue weighted by atomic mass is 16.6. The second kappa shape index (κ2) is 14.8. The van der Waals surface area contributed by atoms with Crippen LogP contribution in [0.25, 0.3) is 0 Å². The first-order valence-electron chi connectivity index (χ1n) is 14.9. The van der Waals surface area contributed by atoms with Crippen LogP contribution in [0.1, 0.15) is 69.0 Å². The van der Waals surface area contributed by atoms with Gasteiger partial charge in [0, 0.05) is 38.7 Å². The zero-order valence-corrected chi connectivity index (χ0v) is 25.2. The van der Waals surface area contributed by atoms with Crippen LogP contribution >= 0.6 is 0 Å². The van der Waals surface area contributed by atoms with Crippen LogP contribution in [0.2, 0.25) is 0 Å². The largest absolute Gasteiger partial charge is 0.467 e. The van der Waals surface area contributed by atoms with Crippen molar-refractivity contribution in [1.82, 2.24) is 25.5 Å². The lowest BCUT2D eigenvalue weighted by atomic mass is 9.65. The molecule has 4 rings (SSSR count). The van der Waals surface area contributed by atoms with Gasteiger partial charge in [-0.3, -0.25) is 28.8 Å². The number of aromatic nitrogens is 2. The predicted molar refractivity (Wildman–Crippen MR) is 158 cm³/mol. The normalized spacial score (nSPS) is 21.4. The van der Waals surface area contributed by atoms with Crippen molar-refractivity contribution in [3.05, 3.63) is 40.8 Å². The molecule has 2 aromatic rings. The molecule has 44 heavy (non-hydrogen) atoms. The Kier molecular flexibility index (Phi) is 10.9. The highest BCUT2D eigenvalue weighted by molar-refractivity contribution is 6.36. The van der Waals surface area contributed by atoms with Crippen molar-refractivity contribution in [3.8, 4) is 5.95 Å². The van der Waals surface area contributed by atoms with E-state index in [0.29, 0.717) is 11.8 Å². The number of likely N-dealkylation sites (N-methyl/N-ethyl adjacent to an activating group) is 1. The first-order valence-corrected chi connectivity index (χ1v) is 14.9. The zero-order valence-electron chi connectivity index (χ0n) is 25.2. The molecule has 2 aliphatic carbocycles. The lowest BCUT2D eigenvalue weighted by molar-refractivity contribution is -0.137. The fourth-order valence-electron chi connectivity index (χ4n) is 6.25. The number of ether oxygens (including phenoxy) is 1. The SMILES string of the molecule is CNC(=O)C(=O)CCC(NC(=O)c1ncc(OC)o1)C(=O)Nc1cccn(CCC(=O)NC2C(C)CC3CCCC2C3)c1=O. The molecule has 5 unspecified atom stereocenters. The number of methoxy groups -OCH3 is 1. The number of amides is 4. The van der Waals surface area contributed by atoms with Crippen LogP contribution in [-0.4, -0.2) is 65.2 Å². The molecule has 4 amide bonds. The van der Waals surface area contributed by atoms with E-state index in [9.17, 15) is 28.8 Å². The van der Waals surface area contributed by atoms with Gasteiger partial charge in [-0.15, -0.1) is 0 Å². The number of nitrogens with one attached hydrogen (secondary N) is 4. The fourth-order valence-corrected chi connectivity index (χ4v) is 6.25. The molecular weight excluding hydrogens is 572 g/mol. The minimum Gasteiger partial charge on any atom is -0.467 e. The first kappa shape index (κ1) is 32.4. The number of pyridine rings is 1. The highest BCUT2D eigenvalue weighted by Crippen LogP contribution is 2.42. The number of aryl methyl sites for hydroxylation is 1. The summed E-state index contributed by atoms with van der Waals surface area (Å²) in [7, 11) is 2.62. The van der Waals surface area contributed by atoms with E-state index in [1.807, 2.05) is 0 Å². The molecule has 2 heterocycles. The number of ketones is 1. The number of oxazole rings is 1. The number of hydrogen-bond donors (Lipinski definition) is 4. The van der Waals surface area contributed by atoms with Crippen molar-refractivity contribution < 1.29 is 33.1 Å². The third-order valence-corrected chi connectivity index (χ3v) is 8.48. The maximum atomic E-state index is 13.2. The van der Waals surface area contributed by atoms with Gasteiger partial charge >= 0.3 is 11.9 Å². The molecule has 0 aliphatic heterocycles. The summed E-state index contributed by atoms with van der Waals surface area (Å²) >= 11 is 0. The minimum atomic E-state index is -1.33. The Balaban J connectivity index is 1.39. The van der Waals surface area contributed by atoms with Crippen molar-refractivity contribution in [2.75, 3.05) is 19.5 Å². The number of nitrogens with zero attached hydrogens (tertiary/aromatic N) is 2. The maximum absolute atomic E-state index is 13.2. The van der Waals surface area contributed by atoms with Crippen LogP contribution in [0.4, 0.5) is 5.69 Å². The summed E-state index contributed by atoms with van der Waals surface area (Å²) in [6.45, 7) is 2.30. The summed E-state index contributed by atoms with van der Waals surface area (Å²) in [5.41, 5.74) is -0.625. The fraction of sp³-hybridized carbons (Fsp3) is 0.567. The van der Waals surface area contributed by atoms with E-state index in [2.05, 4.69) is 33.2 Å². The van der Waals surface area contributed by atoms with Gasteiger partial charge in [0.05, 0.1) is 7.11 Å². The van der Waals surface area contributed by atoms with Crippen molar-refractivity contribution >= 4 is 35.1 Å². The summed E-state index contributed by atoms with van der Waals surface area (Å²) in [5, 5.41) is 10.3. The second-order valence-electron chi connectivity index (χ2n) is 11.5. The van der Waals surface area contributed by atoms with Crippen LogP contribution in [-0.2, 0) is 25.7 Å². The summed E-state index contributed by atoms with van der Waals surface area (Å²) in [6.07, 6.45) is 8.06.